The first kappa shape index (κ1) is 36.5. The van der Waals surface area contributed by atoms with Gasteiger partial charge >= 0.3 is 6.09 Å². The first-order valence-corrected chi connectivity index (χ1v) is 18.0. The van der Waals surface area contributed by atoms with Crippen molar-refractivity contribution in [3.63, 3.8) is 0 Å². The second kappa shape index (κ2) is 16.0. The number of ether oxygens (including phenoxy) is 2. The summed E-state index contributed by atoms with van der Waals surface area (Å²) in [5.41, 5.74) is 8.02. The van der Waals surface area contributed by atoms with Gasteiger partial charge in [-0.1, -0.05) is 79.7 Å². The molecule has 0 aliphatic heterocycles. The number of hydrogen-bond acceptors (Lipinski definition) is 6. The Labute approximate surface area is 305 Å². The number of hydrogen-bond donors (Lipinski definition) is 3. The van der Waals surface area contributed by atoms with Crippen LogP contribution in [0.5, 0.6) is 5.75 Å². The Kier molecular flexibility index (Phi) is 11.2. The van der Waals surface area contributed by atoms with Gasteiger partial charge in [-0.05, 0) is 84.8 Å². The van der Waals surface area contributed by atoms with Crippen LogP contribution in [0.1, 0.15) is 66.1 Å². The van der Waals surface area contributed by atoms with Crippen molar-refractivity contribution < 1.29 is 29.3 Å². The molecule has 2 amide bonds. The number of benzene rings is 4. The van der Waals surface area contributed by atoms with E-state index in [0.29, 0.717) is 13.2 Å². The van der Waals surface area contributed by atoms with Gasteiger partial charge in [-0.15, -0.1) is 0 Å². The van der Waals surface area contributed by atoms with Gasteiger partial charge in [0, 0.05) is 55.2 Å². The number of aromatic hydroxyl groups is 1. The molecule has 52 heavy (non-hydrogen) atoms. The Balaban J connectivity index is 1.45. The Morgan fingerprint density at radius 3 is 2.06 bits per heavy atom. The van der Waals surface area contributed by atoms with E-state index in [1.54, 1.807) is 18.3 Å². The van der Waals surface area contributed by atoms with E-state index in [-0.39, 0.29) is 30.6 Å². The van der Waals surface area contributed by atoms with Crippen molar-refractivity contribution in [3.8, 4) is 16.9 Å². The van der Waals surface area contributed by atoms with Crippen LogP contribution in [0.25, 0.3) is 22.0 Å². The minimum Gasteiger partial charge on any atom is -0.508 e. The zero-order valence-corrected chi connectivity index (χ0v) is 30.4. The monoisotopic (exact) mass is 701 g/mol. The zero-order valence-electron chi connectivity index (χ0n) is 30.4. The van der Waals surface area contributed by atoms with E-state index in [9.17, 15) is 15.0 Å². The number of carbonyl (C=O) groups excluding carboxylic acids is 1. The molecule has 1 aliphatic carbocycles. The van der Waals surface area contributed by atoms with Crippen molar-refractivity contribution in [2.45, 2.75) is 65.3 Å². The van der Waals surface area contributed by atoms with E-state index in [1.807, 2.05) is 101 Å². The van der Waals surface area contributed by atoms with Gasteiger partial charge in [0.2, 0.25) is 5.91 Å². The summed E-state index contributed by atoms with van der Waals surface area (Å²) in [6, 6.07) is 27.3. The van der Waals surface area contributed by atoms with Crippen LogP contribution in [0, 0.1) is 19.8 Å². The molecule has 0 fully saturated rings. The lowest BCUT2D eigenvalue weighted by Gasteiger charge is -2.36. The number of carboxylic acid groups (broad SMARTS) is 1. The van der Waals surface area contributed by atoms with Crippen molar-refractivity contribution in [2.24, 2.45) is 5.92 Å². The predicted molar refractivity (Wildman–Crippen MR) is 202 cm³/mol. The molecule has 0 saturated heterocycles. The molecule has 9 nitrogen and oxygen atoms in total. The second-order valence-electron chi connectivity index (χ2n) is 13.5. The van der Waals surface area contributed by atoms with Gasteiger partial charge in [0.25, 0.3) is 0 Å². The van der Waals surface area contributed by atoms with Crippen molar-refractivity contribution in [2.75, 3.05) is 19.8 Å². The van der Waals surface area contributed by atoms with E-state index in [4.69, 9.17) is 14.5 Å². The molecule has 3 atom stereocenters. The molecule has 1 aliphatic rings. The van der Waals surface area contributed by atoms with Gasteiger partial charge in [-0.2, -0.15) is 0 Å². The van der Waals surface area contributed by atoms with Crippen LogP contribution in [-0.2, 0) is 20.7 Å². The number of phenolic OH excluding ortho intramolecular Hbond substituents is 1. The summed E-state index contributed by atoms with van der Waals surface area (Å²) >= 11 is 0. The summed E-state index contributed by atoms with van der Waals surface area (Å²) in [4.78, 5) is 34.5. The van der Waals surface area contributed by atoms with Crippen LogP contribution in [0.15, 0.2) is 97.2 Å². The van der Waals surface area contributed by atoms with Gasteiger partial charge in [-0.3, -0.25) is 14.7 Å². The van der Waals surface area contributed by atoms with Gasteiger partial charge in [0.05, 0.1) is 11.6 Å². The number of para-hydroxylation sites is 1. The number of pyridine rings is 1. The largest absolute Gasteiger partial charge is 0.508 e. The molecule has 0 saturated carbocycles. The van der Waals surface area contributed by atoms with E-state index in [1.165, 1.54) is 4.90 Å². The molecule has 0 radical (unpaired) electrons. The van der Waals surface area contributed by atoms with Crippen molar-refractivity contribution in [1.29, 1.82) is 0 Å². The smallest absolute Gasteiger partial charge is 0.408 e. The zero-order chi connectivity index (χ0) is 36.9. The molecule has 5 aromatic rings. The summed E-state index contributed by atoms with van der Waals surface area (Å²) in [6.45, 7) is 10.4. The molecule has 1 unspecified atom stereocenters. The van der Waals surface area contributed by atoms with Gasteiger partial charge < -0.3 is 25.0 Å². The molecule has 6 rings (SSSR count). The maximum Gasteiger partial charge on any atom is 0.408 e. The summed E-state index contributed by atoms with van der Waals surface area (Å²) in [5, 5.41) is 25.6. The first-order chi connectivity index (χ1) is 25.1. The van der Waals surface area contributed by atoms with E-state index in [0.717, 1.165) is 55.4 Å². The molecule has 3 N–H and O–H groups in total. The third-order valence-corrected chi connectivity index (χ3v) is 10.3. The lowest BCUT2D eigenvalue weighted by Crippen LogP contribution is -2.53. The van der Waals surface area contributed by atoms with Gasteiger partial charge in [-0.25, -0.2) is 4.79 Å². The number of fused-ring (bicyclic) bond motifs is 4. The minimum absolute atomic E-state index is 0.0637. The summed E-state index contributed by atoms with van der Waals surface area (Å²) < 4.78 is 12.1. The van der Waals surface area contributed by atoms with Gasteiger partial charge in [0.15, 0.2) is 6.29 Å². The normalized spacial score (nSPS) is 14.1. The topological polar surface area (TPSA) is 121 Å². The highest BCUT2D eigenvalue weighted by molar-refractivity contribution is 5.88. The number of phenols is 1. The minimum atomic E-state index is -1.20. The fraction of sp³-hybridized carbons (Fsp3) is 0.326. The molecular formula is C43H47N3O6. The number of aryl methyl sites for hydroxylation is 2. The lowest BCUT2D eigenvalue weighted by atomic mass is 9.90. The summed E-state index contributed by atoms with van der Waals surface area (Å²) in [5.74, 6) is -1.01. The van der Waals surface area contributed by atoms with E-state index < -0.39 is 30.4 Å². The number of aromatic nitrogens is 1. The number of amides is 2. The Hall–Kier alpha value is -5.25. The quantitative estimate of drug-likeness (QED) is 0.1000. The highest BCUT2D eigenvalue weighted by Crippen LogP contribution is 2.45. The molecule has 1 aromatic heterocycles. The Bertz CT molecular complexity index is 1980. The molecule has 0 spiro atoms. The van der Waals surface area contributed by atoms with Crippen LogP contribution in [0.4, 0.5) is 4.79 Å². The Morgan fingerprint density at radius 1 is 0.865 bits per heavy atom. The van der Waals surface area contributed by atoms with Crippen molar-refractivity contribution in [1.82, 2.24) is 15.2 Å². The molecule has 1 heterocycles. The standard InChI is InChI=1S/C43H47N3O6/c1-6-51-42(52-7-2)28(5)39(35-20-12-14-29-15-13-21-44-40(29)35)45-41(48)38(24-36-26(3)22-30(47)23-27(36)4)46(43(49)50)25-37-33-18-10-8-16-31(33)32-17-9-11-19-34(32)37/h8-23,28,37-39,42,47H,6-7,24-25H2,1-5H3,(H,45,48)(H,49,50)/t28-,38-,39?/m0/s1. The average molecular weight is 702 g/mol. The van der Waals surface area contributed by atoms with Crippen LogP contribution < -0.4 is 5.32 Å². The molecular weight excluding hydrogens is 654 g/mol. The molecule has 270 valence electrons. The molecule has 9 heteroatoms. The molecule has 4 aromatic carbocycles. The van der Waals surface area contributed by atoms with Crippen molar-refractivity contribution in [3.05, 3.63) is 131 Å². The predicted octanol–water partition coefficient (Wildman–Crippen LogP) is 8.15. The average Bonchev–Trinajstić information content (AvgIpc) is 3.45. The number of rotatable bonds is 14. The highest BCUT2D eigenvalue weighted by atomic mass is 16.7. The third kappa shape index (κ3) is 7.38. The first-order valence-electron chi connectivity index (χ1n) is 18.0. The van der Waals surface area contributed by atoms with E-state index in [2.05, 4.69) is 17.4 Å². The van der Waals surface area contributed by atoms with Crippen molar-refractivity contribution >= 4 is 22.9 Å². The van der Waals surface area contributed by atoms with Crippen LogP contribution in [0.3, 0.4) is 0 Å². The second-order valence-corrected chi connectivity index (χ2v) is 13.5. The maximum atomic E-state index is 15.0. The Morgan fingerprint density at radius 2 is 1.46 bits per heavy atom. The number of nitrogens with zero attached hydrogens (tertiary/aromatic N) is 2. The fourth-order valence-electron chi connectivity index (χ4n) is 7.78. The van der Waals surface area contributed by atoms with E-state index >= 15 is 4.79 Å². The van der Waals surface area contributed by atoms with Crippen LogP contribution >= 0.6 is 0 Å². The van der Waals surface area contributed by atoms with Crippen LogP contribution in [-0.4, -0.2) is 64.2 Å². The number of carbonyl (C=O) groups is 2. The summed E-state index contributed by atoms with van der Waals surface area (Å²) in [7, 11) is 0. The molecule has 0 bridgehead atoms. The maximum absolute atomic E-state index is 15.0. The summed E-state index contributed by atoms with van der Waals surface area (Å²) in [6.07, 6.45) is -0.0301. The lowest BCUT2D eigenvalue weighted by molar-refractivity contribution is -0.170. The highest BCUT2D eigenvalue weighted by Gasteiger charge is 2.39. The SMILES string of the molecule is CCOC(OCC)[C@@H](C)C(NC(=O)[C@H](Cc1c(C)cc(O)cc1C)N(CC1c2ccccc2-c2ccccc21)C(=O)O)c1cccc2cccnc12. The van der Waals surface area contributed by atoms with Gasteiger partial charge in [0.1, 0.15) is 11.8 Å². The third-order valence-electron chi connectivity index (χ3n) is 10.3. The fourth-order valence-corrected chi connectivity index (χ4v) is 7.78. The van der Waals surface area contributed by atoms with Crippen LogP contribution in [0.2, 0.25) is 0 Å². The number of nitrogens with one attached hydrogen (secondary N) is 1.